The fourth-order valence-corrected chi connectivity index (χ4v) is 0.408. The SMILES string of the molecule is CNC(F)(NC)C(F)(F)F. The van der Waals surface area contributed by atoms with Crippen molar-refractivity contribution in [3.63, 3.8) is 0 Å². The second-order valence-corrected chi connectivity index (χ2v) is 1.66. The van der Waals surface area contributed by atoms with E-state index in [0.29, 0.717) is 0 Å². The van der Waals surface area contributed by atoms with Gasteiger partial charge in [-0.1, -0.05) is 0 Å². The number of hydrogen-bond donors (Lipinski definition) is 2. The smallest absolute Gasteiger partial charge is 0.268 e. The monoisotopic (exact) mass is 160 g/mol. The van der Waals surface area contributed by atoms with Gasteiger partial charge in [-0.05, 0) is 14.1 Å². The van der Waals surface area contributed by atoms with Crippen molar-refractivity contribution in [3.05, 3.63) is 0 Å². The summed E-state index contributed by atoms with van der Waals surface area (Å²) in [5.41, 5.74) is 0. The van der Waals surface area contributed by atoms with E-state index in [4.69, 9.17) is 0 Å². The van der Waals surface area contributed by atoms with Crippen molar-refractivity contribution in [1.29, 1.82) is 0 Å². The molecule has 0 aliphatic rings. The summed E-state index contributed by atoms with van der Waals surface area (Å²) in [5, 5.41) is 2.93. The molecular formula is C4H8F4N2. The van der Waals surface area contributed by atoms with Gasteiger partial charge in [-0.25, -0.2) is 0 Å². The molecule has 0 aromatic carbocycles. The van der Waals surface area contributed by atoms with Crippen molar-refractivity contribution in [3.8, 4) is 0 Å². The van der Waals surface area contributed by atoms with Gasteiger partial charge in [0.2, 0.25) is 0 Å². The maximum absolute atomic E-state index is 12.4. The van der Waals surface area contributed by atoms with Crippen LogP contribution in [0.5, 0.6) is 0 Å². The summed E-state index contributed by atoms with van der Waals surface area (Å²) in [4.78, 5) is 0. The van der Waals surface area contributed by atoms with E-state index in [1.165, 1.54) is 10.6 Å². The quantitative estimate of drug-likeness (QED) is 0.351. The van der Waals surface area contributed by atoms with Crippen LogP contribution in [0.15, 0.2) is 0 Å². The van der Waals surface area contributed by atoms with Crippen LogP contribution in [0.25, 0.3) is 0 Å². The van der Waals surface area contributed by atoms with E-state index in [-0.39, 0.29) is 0 Å². The third-order valence-electron chi connectivity index (χ3n) is 1.08. The first-order valence-electron chi connectivity index (χ1n) is 2.51. The highest BCUT2D eigenvalue weighted by Gasteiger charge is 2.54. The molecular weight excluding hydrogens is 152 g/mol. The minimum Gasteiger partial charge on any atom is -0.268 e. The van der Waals surface area contributed by atoms with Gasteiger partial charge in [0.15, 0.2) is 0 Å². The highest BCUT2D eigenvalue weighted by Crippen LogP contribution is 2.28. The van der Waals surface area contributed by atoms with Crippen molar-refractivity contribution < 1.29 is 17.6 Å². The van der Waals surface area contributed by atoms with E-state index in [0.717, 1.165) is 14.1 Å². The van der Waals surface area contributed by atoms with Gasteiger partial charge in [0, 0.05) is 0 Å². The first-order chi connectivity index (χ1) is 4.37. The second-order valence-electron chi connectivity index (χ2n) is 1.66. The second kappa shape index (κ2) is 2.71. The Hall–Kier alpha value is -0.360. The molecule has 0 fully saturated rings. The van der Waals surface area contributed by atoms with Crippen LogP contribution in [-0.4, -0.2) is 26.2 Å². The molecule has 0 bridgehead atoms. The maximum atomic E-state index is 12.4. The average molecular weight is 160 g/mol. The molecule has 0 unspecified atom stereocenters. The summed E-state index contributed by atoms with van der Waals surface area (Å²) in [6.45, 7) is 0. The predicted octanol–water partition coefficient (Wildman–Crippen LogP) is 0.611. The van der Waals surface area contributed by atoms with Crippen molar-refractivity contribution >= 4 is 0 Å². The fraction of sp³-hybridized carbons (Fsp3) is 1.00. The molecule has 0 atom stereocenters. The number of halogens is 4. The van der Waals surface area contributed by atoms with E-state index in [1.807, 2.05) is 0 Å². The Labute approximate surface area is 55.6 Å². The van der Waals surface area contributed by atoms with Gasteiger partial charge in [-0.2, -0.15) is 17.6 Å². The lowest BCUT2D eigenvalue weighted by molar-refractivity contribution is -0.250. The lowest BCUT2D eigenvalue weighted by Gasteiger charge is -2.25. The Morgan fingerprint density at radius 2 is 1.20 bits per heavy atom. The van der Waals surface area contributed by atoms with Crippen LogP contribution in [-0.2, 0) is 0 Å². The Morgan fingerprint density at radius 1 is 0.900 bits per heavy atom. The Morgan fingerprint density at radius 3 is 1.20 bits per heavy atom. The van der Waals surface area contributed by atoms with Crippen LogP contribution < -0.4 is 10.6 Å². The summed E-state index contributed by atoms with van der Waals surface area (Å²) >= 11 is 0. The van der Waals surface area contributed by atoms with E-state index in [2.05, 4.69) is 0 Å². The number of alkyl halides is 4. The molecule has 0 aromatic heterocycles. The molecule has 0 heterocycles. The molecule has 6 heteroatoms. The minimum atomic E-state index is -4.93. The zero-order valence-electron chi connectivity index (χ0n) is 5.51. The fourth-order valence-electron chi connectivity index (χ4n) is 0.408. The topological polar surface area (TPSA) is 24.1 Å². The molecule has 0 amide bonds. The van der Waals surface area contributed by atoms with Crippen LogP contribution in [0.1, 0.15) is 0 Å². The molecule has 0 saturated carbocycles. The third-order valence-corrected chi connectivity index (χ3v) is 1.08. The van der Waals surface area contributed by atoms with E-state index in [1.54, 1.807) is 0 Å². The van der Waals surface area contributed by atoms with Gasteiger partial charge in [0.25, 0.3) is 0 Å². The molecule has 0 spiro atoms. The molecule has 2 nitrogen and oxygen atoms in total. The van der Waals surface area contributed by atoms with Gasteiger partial charge in [0.1, 0.15) is 0 Å². The minimum absolute atomic E-state index is 0.879. The molecule has 0 aliphatic heterocycles. The largest absolute Gasteiger partial charge is 0.451 e. The number of hydrogen-bond acceptors (Lipinski definition) is 2. The van der Waals surface area contributed by atoms with Crippen LogP contribution in [0, 0.1) is 0 Å². The lowest BCUT2D eigenvalue weighted by atomic mass is 10.4. The Bertz CT molecular complexity index is 106. The van der Waals surface area contributed by atoms with Crippen molar-refractivity contribution in [2.75, 3.05) is 14.1 Å². The molecule has 0 radical (unpaired) electrons. The van der Waals surface area contributed by atoms with Crippen LogP contribution >= 0.6 is 0 Å². The van der Waals surface area contributed by atoms with Crippen molar-refractivity contribution in [1.82, 2.24) is 10.6 Å². The van der Waals surface area contributed by atoms with E-state index < -0.39 is 12.1 Å². The highest BCUT2D eigenvalue weighted by molar-refractivity contribution is 4.78. The Balaban J connectivity index is 4.33. The van der Waals surface area contributed by atoms with Gasteiger partial charge >= 0.3 is 12.1 Å². The molecule has 10 heavy (non-hydrogen) atoms. The third kappa shape index (κ3) is 1.57. The van der Waals surface area contributed by atoms with Gasteiger partial charge in [0.05, 0.1) is 0 Å². The first-order valence-corrected chi connectivity index (χ1v) is 2.51. The summed E-state index contributed by atoms with van der Waals surface area (Å²) in [6.07, 6.45) is -4.93. The average Bonchev–Trinajstić information content (AvgIpc) is 1.84. The van der Waals surface area contributed by atoms with E-state index in [9.17, 15) is 17.6 Å². The highest BCUT2D eigenvalue weighted by atomic mass is 19.4. The molecule has 0 saturated heterocycles. The van der Waals surface area contributed by atoms with Gasteiger partial charge < -0.3 is 0 Å². The zero-order chi connectivity index (χ0) is 8.41. The molecule has 0 aliphatic carbocycles. The first kappa shape index (κ1) is 9.64. The summed E-state index contributed by atoms with van der Waals surface area (Å²) in [7, 11) is 1.76. The Kier molecular flexibility index (Phi) is 2.61. The van der Waals surface area contributed by atoms with Crippen LogP contribution in [0.3, 0.4) is 0 Å². The zero-order valence-corrected chi connectivity index (χ0v) is 5.51. The van der Waals surface area contributed by atoms with Crippen molar-refractivity contribution in [2.24, 2.45) is 0 Å². The summed E-state index contributed by atoms with van der Waals surface area (Å²) in [6, 6.07) is 0. The number of rotatable bonds is 2. The molecule has 2 N–H and O–H groups in total. The van der Waals surface area contributed by atoms with Crippen LogP contribution in [0.2, 0.25) is 0 Å². The van der Waals surface area contributed by atoms with Crippen LogP contribution in [0.4, 0.5) is 17.6 Å². The normalized spacial score (nSPS) is 13.8. The van der Waals surface area contributed by atoms with Crippen molar-refractivity contribution in [2.45, 2.75) is 12.1 Å². The maximum Gasteiger partial charge on any atom is 0.451 e. The van der Waals surface area contributed by atoms with E-state index >= 15 is 0 Å². The molecule has 0 aromatic rings. The van der Waals surface area contributed by atoms with Gasteiger partial charge in [-0.15, -0.1) is 0 Å². The van der Waals surface area contributed by atoms with Gasteiger partial charge in [-0.3, -0.25) is 10.6 Å². The number of nitrogens with one attached hydrogen (secondary N) is 2. The standard InChI is InChI=1S/C4H8F4N2/c1-9-4(8,10-2)3(5,6)7/h9-10H,1-2H3. The predicted molar refractivity (Wildman–Crippen MR) is 28.0 cm³/mol. The summed E-state index contributed by atoms with van der Waals surface area (Å²) in [5.74, 6) is -3.48. The lowest BCUT2D eigenvalue weighted by Crippen LogP contribution is -2.60. The summed E-state index contributed by atoms with van der Waals surface area (Å²) < 4.78 is 47.2. The molecule has 62 valence electrons. The molecule has 0 rings (SSSR count).